The molecule has 2 unspecified atom stereocenters. The third kappa shape index (κ3) is 1.67. The van der Waals surface area contributed by atoms with Gasteiger partial charge in [-0.1, -0.05) is 12.1 Å². The Kier molecular flexibility index (Phi) is 2.57. The minimum Gasteiger partial charge on any atom is -0.397 e. The monoisotopic (exact) mass is 206 g/mol. The number of nitrogens with zero attached hydrogens (tertiary/aromatic N) is 1. The van der Waals surface area contributed by atoms with E-state index in [-0.39, 0.29) is 12.1 Å². The minimum atomic E-state index is -0.337. The van der Waals surface area contributed by atoms with Crippen molar-refractivity contribution in [1.29, 1.82) is 0 Å². The molecule has 0 aliphatic carbocycles. The third-order valence-corrected chi connectivity index (χ3v) is 3.25. The summed E-state index contributed by atoms with van der Waals surface area (Å²) in [5.74, 6) is 0. The van der Waals surface area contributed by atoms with Crippen molar-refractivity contribution < 1.29 is 5.11 Å². The number of hydrogen-bond donors (Lipinski definition) is 2. The van der Waals surface area contributed by atoms with E-state index in [1.165, 1.54) is 5.56 Å². The van der Waals surface area contributed by atoms with Gasteiger partial charge in [-0.25, -0.2) is 0 Å². The highest BCUT2D eigenvalue weighted by atomic mass is 16.3. The summed E-state index contributed by atoms with van der Waals surface area (Å²) in [6.45, 7) is 4.81. The Morgan fingerprint density at radius 1 is 1.40 bits per heavy atom. The predicted molar refractivity (Wildman–Crippen MR) is 63.0 cm³/mol. The zero-order valence-corrected chi connectivity index (χ0v) is 9.27. The van der Waals surface area contributed by atoms with Gasteiger partial charge in [-0.15, -0.1) is 0 Å². The molecule has 0 saturated carbocycles. The highest BCUT2D eigenvalue weighted by Gasteiger charge is 2.27. The first-order chi connectivity index (χ1) is 7.11. The molecule has 1 aliphatic rings. The highest BCUT2D eigenvalue weighted by Crippen LogP contribution is 2.35. The van der Waals surface area contributed by atoms with Gasteiger partial charge in [0, 0.05) is 6.54 Å². The Morgan fingerprint density at radius 3 is 2.80 bits per heavy atom. The lowest BCUT2D eigenvalue weighted by atomic mass is 10.1. The van der Waals surface area contributed by atoms with Crippen molar-refractivity contribution in [1.82, 2.24) is 0 Å². The summed E-state index contributed by atoms with van der Waals surface area (Å²) in [6, 6.07) is 6.15. The molecule has 0 aromatic heterocycles. The lowest BCUT2D eigenvalue weighted by molar-refractivity contribution is 0.166. The maximum Gasteiger partial charge on any atom is 0.0712 e. The summed E-state index contributed by atoms with van der Waals surface area (Å²) >= 11 is 0. The molecule has 0 amide bonds. The minimum absolute atomic E-state index is 0.121. The summed E-state index contributed by atoms with van der Waals surface area (Å²) < 4.78 is 0. The number of aliphatic hydroxyl groups is 1. The molecule has 3 N–H and O–H groups in total. The number of hydrogen-bond acceptors (Lipinski definition) is 3. The van der Waals surface area contributed by atoms with Crippen LogP contribution in [-0.4, -0.2) is 23.8 Å². The zero-order valence-electron chi connectivity index (χ0n) is 9.27. The number of benzene rings is 1. The van der Waals surface area contributed by atoms with Crippen LogP contribution in [0.4, 0.5) is 11.4 Å². The molecule has 0 fully saturated rings. The van der Waals surface area contributed by atoms with Crippen LogP contribution in [0.1, 0.15) is 19.4 Å². The number of nitrogen functional groups attached to an aromatic ring is 1. The largest absolute Gasteiger partial charge is 0.397 e. The second kappa shape index (κ2) is 3.74. The normalized spacial score (nSPS) is 18.7. The molecule has 1 aromatic carbocycles. The summed E-state index contributed by atoms with van der Waals surface area (Å²) in [5.41, 5.74) is 9.20. The topological polar surface area (TPSA) is 49.5 Å². The first kappa shape index (κ1) is 10.3. The van der Waals surface area contributed by atoms with Crippen LogP contribution in [0.25, 0.3) is 0 Å². The molecule has 15 heavy (non-hydrogen) atoms. The van der Waals surface area contributed by atoms with E-state index < -0.39 is 0 Å². The molecule has 2 atom stereocenters. The maximum atomic E-state index is 9.62. The molecule has 82 valence electrons. The summed E-state index contributed by atoms with van der Waals surface area (Å²) in [6.07, 6.45) is 0.688. The van der Waals surface area contributed by atoms with Crippen molar-refractivity contribution in [2.75, 3.05) is 17.2 Å². The molecule has 3 nitrogen and oxygen atoms in total. The maximum absolute atomic E-state index is 9.62. The van der Waals surface area contributed by atoms with E-state index in [0.717, 1.165) is 24.3 Å². The number of anilines is 2. The summed E-state index contributed by atoms with van der Waals surface area (Å²) in [5, 5.41) is 9.62. The van der Waals surface area contributed by atoms with Crippen molar-refractivity contribution in [2.45, 2.75) is 32.4 Å². The Labute approximate surface area is 90.5 Å². The molecule has 0 bridgehead atoms. The lowest BCUT2D eigenvalue weighted by Gasteiger charge is -2.30. The van der Waals surface area contributed by atoms with Gasteiger partial charge in [0.05, 0.1) is 23.5 Å². The van der Waals surface area contributed by atoms with E-state index in [4.69, 9.17) is 5.73 Å². The molecule has 1 heterocycles. The van der Waals surface area contributed by atoms with Crippen LogP contribution in [0.15, 0.2) is 18.2 Å². The van der Waals surface area contributed by atoms with Crippen LogP contribution in [0.2, 0.25) is 0 Å². The van der Waals surface area contributed by atoms with E-state index in [2.05, 4.69) is 11.0 Å². The molecule has 1 aliphatic heterocycles. The van der Waals surface area contributed by atoms with E-state index in [0.29, 0.717) is 0 Å². The van der Waals surface area contributed by atoms with E-state index in [9.17, 15) is 5.11 Å². The SMILES string of the molecule is CC(O)C(C)N1CCc2cccc(N)c21. The van der Waals surface area contributed by atoms with Gasteiger partial charge in [0.1, 0.15) is 0 Å². The fraction of sp³-hybridized carbons (Fsp3) is 0.500. The van der Waals surface area contributed by atoms with Crippen LogP contribution >= 0.6 is 0 Å². The number of para-hydroxylation sites is 1. The van der Waals surface area contributed by atoms with Gasteiger partial charge in [0.15, 0.2) is 0 Å². The van der Waals surface area contributed by atoms with Crippen molar-refractivity contribution in [3.05, 3.63) is 23.8 Å². The number of nitrogens with two attached hydrogens (primary N) is 1. The Morgan fingerprint density at radius 2 is 2.13 bits per heavy atom. The number of rotatable bonds is 2. The molecule has 0 saturated heterocycles. The highest BCUT2D eigenvalue weighted by molar-refractivity contribution is 5.74. The van der Waals surface area contributed by atoms with Crippen molar-refractivity contribution >= 4 is 11.4 Å². The Hall–Kier alpha value is -1.22. The first-order valence-electron chi connectivity index (χ1n) is 5.43. The summed E-state index contributed by atoms with van der Waals surface area (Å²) in [7, 11) is 0. The van der Waals surface area contributed by atoms with Crippen LogP contribution in [-0.2, 0) is 6.42 Å². The van der Waals surface area contributed by atoms with E-state index in [1.54, 1.807) is 0 Å². The average Bonchev–Trinajstić information content (AvgIpc) is 2.61. The van der Waals surface area contributed by atoms with Gasteiger partial charge in [0.2, 0.25) is 0 Å². The van der Waals surface area contributed by atoms with Crippen LogP contribution < -0.4 is 10.6 Å². The van der Waals surface area contributed by atoms with Gasteiger partial charge >= 0.3 is 0 Å². The molecule has 3 heteroatoms. The van der Waals surface area contributed by atoms with Crippen molar-refractivity contribution in [3.8, 4) is 0 Å². The zero-order chi connectivity index (χ0) is 11.0. The van der Waals surface area contributed by atoms with Gasteiger partial charge in [-0.3, -0.25) is 0 Å². The second-order valence-electron chi connectivity index (χ2n) is 4.28. The van der Waals surface area contributed by atoms with Crippen LogP contribution in [0.5, 0.6) is 0 Å². The molecule has 2 rings (SSSR count). The first-order valence-corrected chi connectivity index (χ1v) is 5.43. The Bertz CT molecular complexity index is 363. The molecule has 1 aromatic rings. The molecule has 0 spiro atoms. The lowest BCUT2D eigenvalue weighted by Crippen LogP contribution is -2.39. The standard InChI is InChI=1S/C12H18N2O/c1-8(9(2)15)14-7-6-10-4-3-5-11(13)12(10)14/h3-5,8-9,15H,6-7,13H2,1-2H3. The Balaban J connectivity index is 2.35. The van der Waals surface area contributed by atoms with Crippen molar-refractivity contribution in [2.24, 2.45) is 0 Å². The molecular formula is C12H18N2O. The quantitative estimate of drug-likeness (QED) is 0.719. The van der Waals surface area contributed by atoms with Gasteiger partial charge in [-0.2, -0.15) is 0 Å². The number of fused-ring (bicyclic) bond motifs is 1. The third-order valence-electron chi connectivity index (χ3n) is 3.25. The summed E-state index contributed by atoms with van der Waals surface area (Å²) in [4.78, 5) is 2.20. The predicted octanol–water partition coefficient (Wildman–Crippen LogP) is 1.40. The van der Waals surface area contributed by atoms with E-state index in [1.807, 2.05) is 26.0 Å². The van der Waals surface area contributed by atoms with Gasteiger partial charge in [-0.05, 0) is 31.9 Å². The van der Waals surface area contributed by atoms with Gasteiger partial charge in [0.25, 0.3) is 0 Å². The van der Waals surface area contributed by atoms with Crippen LogP contribution in [0.3, 0.4) is 0 Å². The van der Waals surface area contributed by atoms with Gasteiger partial charge < -0.3 is 15.7 Å². The second-order valence-corrected chi connectivity index (χ2v) is 4.28. The van der Waals surface area contributed by atoms with Crippen molar-refractivity contribution in [3.63, 3.8) is 0 Å². The number of aliphatic hydroxyl groups excluding tert-OH is 1. The fourth-order valence-electron chi connectivity index (χ4n) is 2.18. The van der Waals surface area contributed by atoms with E-state index >= 15 is 0 Å². The molecule has 0 radical (unpaired) electrons. The smallest absolute Gasteiger partial charge is 0.0712 e. The molecular weight excluding hydrogens is 188 g/mol. The fourth-order valence-corrected chi connectivity index (χ4v) is 2.18. The average molecular weight is 206 g/mol. The van der Waals surface area contributed by atoms with Crippen LogP contribution in [0, 0.1) is 0 Å².